The van der Waals surface area contributed by atoms with Crippen LogP contribution in [0.1, 0.15) is 30.1 Å². The fraction of sp³-hybridized carbons (Fsp3) is 0.353. The second-order valence-electron chi connectivity index (χ2n) is 5.78. The van der Waals surface area contributed by atoms with Crippen LogP contribution in [0.5, 0.6) is 0 Å². The van der Waals surface area contributed by atoms with E-state index in [1.54, 1.807) is 12.3 Å². The highest BCUT2D eigenvalue weighted by atomic mass is 79.9. The van der Waals surface area contributed by atoms with E-state index in [1.807, 2.05) is 30.0 Å². The highest BCUT2D eigenvalue weighted by Crippen LogP contribution is 2.21. The first-order valence-electron chi connectivity index (χ1n) is 7.68. The smallest absolute Gasteiger partial charge is 0.252 e. The Labute approximate surface area is 143 Å². The first kappa shape index (κ1) is 15.9. The van der Waals surface area contributed by atoms with Crippen molar-refractivity contribution in [3.05, 3.63) is 40.5 Å². The number of fused-ring (bicyclic) bond motifs is 1. The van der Waals surface area contributed by atoms with E-state index in [4.69, 9.17) is 0 Å². The molecular formula is C17H18BrN3O2. The summed E-state index contributed by atoms with van der Waals surface area (Å²) in [7, 11) is 0. The maximum atomic E-state index is 12.4. The lowest BCUT2D eigenvalue weighted by atomic mass is 10.1. The lowest BCUT2D eigenvalue weighted by Gasteiger charge is -2.21. The third kappa shape index (κ3) is 3.37. The fourth-order valence-corrected chi connectivity index (χ4v) is 3.32. The van der Waals surface area contributed by atoms with E-state index in [1.165, 1.54) is 0 Å². The molecule has 2 amide bonds. The van der Waals surface area contributed by atoms with Crippen molar-refractivity contribution in [2.24, 2.45) is 0 Å². The quantitative estimate of drug-likeness (QED) is 0.896. The molecule has 0 saturated carbocycles. The normalized spacial score (nSPS) is 17.5. The Morgan fingerprint density at radius 1 is 1.39 bits per heavy atom. The van der Waals surface area contributed by atoms with Crippen LogP contribution < -0.4 is 5.32 Å². The molecule has 1 aromatic heterocycles. The van der Waals surface area contributed by atoms with E-state index >= 15 is 0 Å². The number of aromatic nitrogens is 1. The van der Waals surface area contributed by atoms with Crippen LogP contribution in [0.3, 0.4) is 0 Å². The van der Waals surface area contributed by atoms with Crippen LogP contribution in [0, 0.1) is 0 Å². The Morgan fingerprint density at radius 2 is 2.22 bits per heavy atom. The van der Waals surface area contributed by atoms with Gasteiger partial charge in [-0.1, -0.05) is 22.0 Å². The molecule has 120 valence electrons. The molecule has 0 aliphatic carbocycles. The largest absolute Gasteiger partial charge is 0.343 e. The van der Waals surface area contributed by atoms with E-state index in [-0.39, 0.29) is 24.4 Å². The highest BCUT2D eigenvalue weighted by molar-refractivity contribution is 9.10. The molecule has 3 rings (SSSR count). The number of likely N-dealkylation sites (tertiary alicyclic amines) is 1. The van der Waals surface area contributed by atoms with Crippen LogP contribution in [-0.2, 0) is 4.79 Å². The number of amides is 2. The van der Waals surface area contributed by atoms with Gasteiger partial charge in [-0.05, 0) is 38.0 Å². The van der Waals surface area contributed by atoms with Crippen molar-refractivity contribution in [1.29, 1.82) is 0 Å². The summed E-state index contributed by atoms with van der Waals surface area (Å²) in [5, 5.41) is 3.51. The lowest BCUT2D eigenvalue weighted by Crippen LogP contribution is -2.41. The zero-order valence-electron chi connectivity index (χ0n) is 12.9. The number of nitrogens with zero attached hydrogens (tertiary/aromatic N) is 2. The minimum Gasteiger partial charge on any atom is -0.343 e. The molecule has 1 unspecified atom stereocenters. The van der Waals surface area contributed by atoms with Crippen molar-refractivity contribution in [1.82, 2.24) is 15.2 Å². The molecule has 1 aliphatic heterocycles. The minimum absolute atomic E-state index is 0.0237. The van der Waals surface area contributed by atoms with Gasteiger partial charge in [0.25, 0.3) is 5.91 Å². The molecule has 1 saturated heterocycles. The van der Waals surface area contributed by atoms with E-state index in [9.17, 15) is 9.59 Å². The predicted molar refractivity (Wildman–Crippen MR) is 92.2 cm³/mol. The van der Waals surface area contributed by atoms with Crippen molar-refractivity contribution in [2.75, 3.05) is 13.1 Å². The van der Waals surface area contributed by atoms with Crippen molar-refractivity contribution in [3.63, 3.8) is 0 Å². The summed E-state index contributed by atoms with van der Waals surface area (Å²) in [4.78, 5) is 30.7. The molecule has 2 aromatic rings. The molecule has 0 bridgehead atoms. The van der Waals surface area contributed by atoms with Crippen LogP contribution in [0.4, 0.5) is 0 Å². The Bertz CT molecular complexity index is 763. The number of carbonyl (C=O) groups is 2. The van der Waals surface area contributed by atoms with Gasteiger partial charge in [-0.15, -0.1) is 0 Å². The number of rotatable bonds is 3. The van der Waals surface area contributed by atoms with Gasteiger partial charge in [-0.2, -0.15) is 0 Å². The molecule has 1 atom stereocenters. The topological polar surface area (TPSA) is 62.3 Å². The maximum absolute atomic E-state index is 12.4. The number of nitrogens with one attached hydrogen (secondary N) is 1. The molecule has 0 radical (unpaired) electrons. The first-order valence-corrected chi connectivity index (χ1v) is 8.47. The summed E-state index contributed by atoms with van der Waals surface area (Å²) in [5.41, 5.74) is 1.27. The van der Waals surface area contributed by atoms with Crippen LogP contribution in [0.25, 0.3) is 10.9 Å². The third-order valence-electron chi connectivity index (χ3n) is 4.22. The zero-order chi connectivity index (χ0) is 16.4. The van der Waals surface area contributed by atoms with Crippen molar-refractivity contribution >= 4 is 38.6 Å². The van der Waals surface area contributed by atoms with E-state index in [0.29, 0.717) is 5.56 Å². The number of hydrogen-bond acceptors (Lipinski definition) is 3. The minimum atomic E-state index is -0.250. The van der Waals surface area contributed by atoms with Crippen molar-refractivity contribution in [3.8, 4) is 0 Å². The second-order valence-corrected chi connectivity index (χ2v) is 6.70. The molecule has 1 aliphatic rings. The van der Waals surface area contributed by atoms with Crippen LogP contribution >= 0.6 is 15.9 Å². The Kier molecular flexibility index (Phi) is 4.61. The van der Waals surface area contributed by atoms with Gasteiger partial charge in [0.15, 0.2) is 0 Å². The molecule has 6 heteroatoms. The maximum Gasteiger partial charge on any atom is 0.252 e. The molecule has 1 fully saturated rings. The highest BCUT2D eigenvalue weighted by Gasteiger charge is 2.25. The summed E-state index contributed by atoms with van der Waals surface area (Å²) >= 11 is 3.40. The molecule has 23 heavy (non-hydrogen) atoms. The Balaban J connectivity index is 1.72. The summed E-state index contributed by atoms with van der Waals surface area (Å²) in [6.07, 6.45) is 3.67. The summed E-state index contributed by atoms with van der Waals surface area (Å²) in [6, 6.07) is 7.53. The monoisotopic (exact) mass is 375 g/mol. The summed E-state index contributed by atoms with van der Waals surface area (Å²) in [6.45, 7) is 2.85. The van der Waals surface area contributed by atoms with Gasteiger partial charge < -0.3 is 10.2 Å². The zero-order valence-corrected chi connectivity index (χ0v) is 14.5. The Morgan fingerprint density at radius 3 is 2.96 bits per heavy atom. The van der Waals surface area contributed by atoms with Gasteiger partial charge in [0.2, 0.25) is 5.91 Å². The van der Waals surface area contributed by atoms with Gasteiger partial charge in [0.1, 0.15) is 0 Å². The van der Waals surface area contributed by atoms with E-state index in [2.05, 4.69) is 26.2 Å². The average molecular weight is 376 g/mol. The molecule has 1 aromatic carbocycles. The van der Waals surface area contributed by atoms with Gasteiger partial charge in [-0.25, -0.2) is 0 Å². The molecule has 5 nitrogen and oxygen atoms in total. The van der Waals surface area contributed by atoms with Gasteiger partial charge in [0.05, 0.1) is 17.6 Å². The predicted octanol–water partition coefficient (Wildman–Crippen LogP) is 2.74. The van der Waals surface area contributed by atoms with Crippen LogP contribution in [0.2, 0.25) is 0 Å². The second kappa shape index (κ2) is 6.66. The van der Waals surface area contributed by atoms with Crippen molar-refractivity contribution < 1.29 is 9.59 Å². The standard InChI is InChI=1S/C17H18BrN3O2/c1-11-3-2-8-21(11)16(22)10-20-17(23)14-6-7-19-15-9-12(18)4-5-13(14)15/h4-7,9,11H,2-3,8,10H2,1H3,(H,20,23). The summed E-state index contributed by atoms with van der Waals surface area (Å²) < 4.78 is 0.910. The van der Waals surface area contributed by atoms with Gasteiger partial charge in [-0.3, -0.25) is 14.6 Å². The SMILES string of the molecule is CC1CCCN1C(=O)CNC(=O)c1ccnc2cc(Br)ccc12. The summed E-state index contributed by atoms with van der Waals surface area (Å²) in [5.74, 6) is -0.274. The number of halogens is 1. The van der Waals surface area contributed by atoms with E-state index in [0.717, 1.165) is 34.8 Å². The molecule has 0 spiro atoms. The fourth-order valence-electron chi connectivity index (χ4n) is 2.98. The number of hydrogen-bond donors (Lipinski definition) is 1. The number of benzene rings is 1. The van der Waals surface area contributed by atoms with E-state index < -0.39 is 0 Å². The number of pyridine rings is 1. The number of carbonyl (C=O) groups excluding carboxylic acids is 2. The Hall–Kier alpha value is -1.95. The molecule has 2 heterocycles. The average Bonchev–Trinajstić information content (AvgIpc) is 2.97. The van der Waals surface area contributed by atoms with Crippen LogP contribution in [0.15, 0.2) is 34.9 Å². The lowest BCUT2D eigenvalue weighted by molar-refractivity contribution is -0.130. The third-order valence-corrected chi connectivity index (χ3v) is 4.72. The molecular weight excluding hydrogens is 358 g/mol. The van der Waals surface area contributed by atoms with Gasteiger partial charge in [0, 0.05) is 28.6 Å². The first-order chi connectivity index (χ1) is 11.1. The van der Waals surface area contributed by atoms with Crippen molar-refractivity contribution in [2.45, 2.75) is 25.8 Å². The van der Waals surface area contributed by atoms with Crippen LogP contribution in [-0.4, -0.2) is 40.8 Å². The van der Waals surface area contributed by atoms with Gasteiger partial charge >= 0.3 is 0 Å². The molecule has 1 N–H and O–H groups in total.